The summed E-state index contributed by atoms with van der Waals surface area (Å²) < 4.78 is 22.9. The lowest BCUT2D eigenvalue weighted by molar-refractivity contribution is 0.0948. The summed E-state index contributed by atoms with van der Waals surface area (Å²) in [5.74, 6) is 1.87. The highest BCUT2D eigenvalue weighted by atomic mass is 79.9. The molecular weight excluding hydrogens is 342 g/mol. The Morgan fingerprint density at radius 2 is 2.11 bits per heavy atom. The van der Waals surface area contributed by atoms with Crippen LogP contribution in [0, 0.1) is 12.3 Å². The van der Waals surface area contributed by atoms with E-state index in [0.29, 0.717) is 4.47 Å². The molecule has 0 bridgehead atoms. The SMILES string of the molecule is C#CC(C)NC(=O)c1cc(Br)cc(S(=O)(=O)Cl)c1. The van der Waals surface area contributed by atoms with Crippen molar-refractivity contribution in [1.29, 1.82) is 0 Å². The zero-order chi connectivity index (χ0) is 13.9. The summed E-state index contributed by atoms with van der Waals surface area (Å²) in [4.78, 5) is 11.6. The number of carbonyl (C=O) groups excluding carboxylic acids is 1. The minimum absolute atomic E-state index is 0.156. The molecule has 0 spiro atoms. The van der Waals surface area contributed by atoms with Crippen LogP contribution in [0.3, 0.4) is 0 Å². The summed E-state index contributed by atoms with van der Waals surface area (Å²) in [6.45, 7) is 1.63. The van der Waals surface area contributed by atoms with E-state index < -0.39 is 21.0 Å². The van der Waals surface area contributed by atoms with Crippen molar-refractivity contribution in [2.45, 2.75) is 17.9 Å². The smallest absolute Gasteiger partial charge is 0.261 e. The van der Waals surface area contributed by atoms with Gasteiger partial charge in [0.05, 0.1) is 10.9 Å². The lowest BCUT2D eigenvalue weighted by Crippen LogP contribution is -2.31. The molecule has 1 rings (SSSR count). The van der Waals surface area contributed by atoms with E-state index in [4.69, 9.17) is 17.1 Å². The van der Waals surface area contributed by atoms with E-state index in [-0.39, 0.29) is 10.5 Å². The molecule has 1 unspecified atom stereocenters. The van der Waals surface area contributed by atoms with E-state index in [0.717, 1.165) is 0 Å². The van der Waals surface area contributed by atoms with Gasteiger partial charge in [-0.25, -0.2) is 8.42 Å². The van der Waals surface area contributed by atoms with Crippen molar-refractivity contribution in [1.82, 2.24) is 5.32 Å². The number of amides is 1. The Bertz CT molecular complexity index is 622. The van der Waals surface area contributed by atoms with Crippen LogP contribution >= 0.6 is 26.6 Å². The number of benzene rings is 1. The summed E-state index contributed by atoms with van der Waals surface area (Å²) in [5.41, 5.74) is 0.158. The first kappa shape index (κ1) is 15.0. The predicted molar refractivity (Wildman–Crippen MR) is 72.9 cm³/mol. The van der Waals surface area contributed by atoms with Gasteiger partial charge in [-0.2, -0.15) is 0 Å². The lowest BCUT2D eigenvalue weighted by Gasteiger charge is -2.09. The second-order valence-electron chi connectivity index (χ2n) is 3.48. The fourth-order valence-electron chi connectivity index (χ4n) is 1.16. The van der Waals surface area contributed by atoms with Crippen LogP contribution < -0.4 is 5.32 Å². The van der Waals surface area contributed by atoms with Crippen molar-refractivity contribution in [3.8, 4) is 12.3 Å². The first-order chi connectivity index (χ1) is 8.24. The van der Waals surface area contributed by atoms with Crippen LogP contribution in [0.2, 0.25) is 0 Å². The Hall–Kier alpha value is -1.03. The van der Waals surface area contributed by atoms with Gasteiger partial charge in [0.1, 0.15) is 0 Å². The van der Waals surface area contributed by atoms with Crippen molar-refractivity contribution in [3.63, 3.8) is 0 Å². The largest absolute Gasteiger partial charge is 0.339 e. The van der Waals surface area contributed by atoms with Crippen molar-refractivity contribution >= 4 is 41.6 Å². The molecule has 0 heterocycles. The Morgan fingerprint density at radius 3 is 2.61 bits per heavy atom. The Morgan fingerprint density at radius 1 is 1.50 bits per heavy atom. The molecule has 0 fully saturated rings. The Balaban J connectivity index is 3.16. The number of hydrogen-bond acceptors (Lipinski definition) is 3. The van der Waals surface area contributed by atoms with Crippen LogP contribution in [-0.4, -0.2) is 20.4 Å². The fraction of sp³-hybridized carbons (Fsp3) is 0.182. The Labute approximate surface area is 118 Å². The van der Waals surface area contributed by atoms with Crippen molar-refractivity contribution in [2.24, 2.45) is 0 Å². The van der Waals surface area contributed by atoms with Gasteiger partial charge in [-0.05, 0) is 25.1 Å². The first-order valence-electron chi connectivity index (χ1n) is 4.76. The molecule has 4 nitrogen and oxygen atoms in total. The molecule has 7 heteroatoms. The molecule has 96 valence electrons. The van der Waals surface area contributed by atoms with Gasteiger partial charge in [-0.1, -0.05) is 21.9 Å². The molecule has 0 aliphatic rings. The molecule has 1 amide bonds. The summed E-state index contributed by atoms with van der Waals surface area (Å²) >= 11 is 3.11. The average Bonchev–Trinajstić information content (AvgIpc) is 2.26. The first-order valence-corrected chi connectivity index (χ1v) is 7.86. The molecule has 1 N–H and O–H groups in total. The van der Waals surface area contributed by atoms with E-state index in [1.807, 2.05) is 0 Å². The number of rotatable bonds is 3. The second-order valence-corrected chi connectivity index (χ2v) is 6.96. The van der Waals surface area contributed by atoms with Crippen LogP contribution in [0.4, 0.5) is 0 Å². The topological polar surface area (TPSA) is 63.2 Å². The van der Waals surface area contributed by atoms with Gasteiger partial charge in [0.2, 0.25) is 0 Å². The zero-order valence-electron chi connectivity index (χ0n) is 9.28. The molecule has 0 saturated heterocycles. The second kappa shape index (κ2) is 5.74. The van der Waals surface area contributed by atoms with Gasteiger partial charge < -0.3 is 5.32 Å². The molecule has 0 saturated carbocycles. The maximum absolute atomic E-state index is 11.8. The highest BCUT2D eigenvalue weighted by molar-refractivity contribution is 9.10. The maximum Gasteiger partial charge on any atom is 0.261 e. The highest BCUT2D eigenvalue weighted by Crippen LogP contribution is 2.22. The predicted octanol–water partition coefficient (Wildman–Crippen LogP) is 2.13. The fourth-order valence-corrected chi connectivity index (χ4v) is 2.60. The van der Waals surface area contributed by atoms with E-state index in [2.05, 4.69) is 27.2 Å². The summed E-state index contributed by atoms with van der Waals surface area (Å²) in [5, 5.41) is 2.52. The lowest BCUT2D eigenvalue weighted by atomic mass is 10.2. The van der Waals surface area contributed by atoms with E-state index in [1.165, 1.54) is 18.2 Å². The average molecular weight is 351 g/mol. The number of terminal acetylenes is 1. The normalized spacial score (nSPS) is 12.6. The monoisotopic (exact) mass is 349 g/mol. The summed E-state index contributed by atoms with van der Waals surface area (Å²) in [7, 11) is 1.33. The molecule has 0 aliphatic heterocycles. The number of nitrogens with one attached hydrogen (secondary N) is 1. The molecule has 0 aromatic heterocycles. The third-order valence-corrected chi connectivity index (χ3v) is 3.80. The molecular formula is C11H9BrClNO3S. The van der Waals surface area contributed by atoms with Crippen LogP contribution in [0.25, 0.3) is 0 Å². The maximum atomic E-state index is 11.8. The van der Waals surface area contributed by atoms with Crippen LogP contribution in [0.15, 0.2) is 27.6 Å². The Kier molecular flexibility index (Phi) is 4.79. The quantitative estimate of drug-likeness (QED) is 0.671. The number of halogens is 2. The third kappa shape index (κ3) is 4.02. The van der Waals surface area contributed by atoms with Crippen molar-refractivity contribution < 1.29 is 13.2 Å². The molecule has 1 atom stereocenters. The standard InChI is InChI=1S/C11H9BrClNO3S/c1-3-7(2)14-11(15)8-4-9(12)6-10(5-8)18(13,16)17/h1,4-7H,2H3,(H,14,15). The summed E-state index contributed by atoms with van der Waals surface area (Å²) in [6, 6.07) is 3.52. The minimum atomic E-state index is -3.89. The summed E-state index contributed by atoms with van der Waals surface area (Å²) in [6.07, 6.45) is 5.14. The van der Waals surface area contributed by atoms with Crippen LogP contribution in [-0.2, 0) is 9.05 Å². The van der Waals surface area contributed by atoms with Gasteiger partial charge >= 0.3 is 0 Å². The van der Waals surface area contributed by atoms with Gasteiger partial charge in [-0.3, -0.25) is 4.79 Å². The van der Waals surface area contributed by atoms with E-state index in [1.54, 1.807) is 6.92 Å². The number of carbonyl (C=O) groups is 1. The minimum Gasteiger partial charge on any atom is -0.339 e. The van der Waals surface area contributed by atoms with Crippen molar-refractivity contribution in [2.75, 3.05) is 0 Å². The van der Waals surface area contributed by atoms with E-state index >= 15 is 0 Å². The number of hydrogen-bond donors (Lipinski definition) is 1. The van der Waals surface area contributed by atoms with Crippen LogP contribution in [0.1, 0.15) is 17.3 Å². The van der Waals surface area contributed by atoms with Crippen LogP contribution in [0.5, 0.6) is 0 Å². The highest BCUT2D eigenvalue weighted by Gasteiger charge is 2.16. The molecule has 0 radical (unpaired) electrons. The van der Waals surface area contributed by atoms with Gasteiger partial charge in [0.25, 0.3) is 15.0 Å². The molecule has 1 aromatic carbocycles. The molecule has 0 aliphatic carbocycles. The molecule has 1 aromatic rings. The third-order valence-electron chi connectivity index (χ3n) is 2.01. The van der Waals surface area contributed by atoms with Gasteiger partial charge in [-0.15, -0.1) is 6.42 Å². The van der Waals surface area contributed by atoms with Gasteiger partial charge in [0, 0.05) is 20.7 Å². The van der Waals surface area contributed by atoms with Crippen molar-refractivity contribution in [3.05, 3.63) is 28.2 Å². The van der Waals surface area contributed by atoms with Gasteiger partial charge in [0.15, 0.2) is 0 Å². The molecule has 18 heavy (non-hydrogen) atoms. The zero-order valence-corrected chi connectivity index (χ0v) is 12.4. The van der Waals surface area contributed by atoms with E-state index in [9.17, 15) is 13.2 Å².